The number of allylic oxidation sites excluding steroid dienone is 1. The number of aliphatic imine (C=N–C) groups is 1. The Kier molecular flexibility index (Phi) is 7.56. The Hall–Kier alpha value is -2.05. The second-order valence-corrected chi connectivity index (χ2v) is 9.23. The van der Waals surface area contributed by atoms with Gasteiger partial charge < -0.3 is 11.1 Å². The highest BCUT2D eigenvalue weighted by molar-refractivity contribution is 7.76. The minimum absolute atomic E-state index is 0.208. The Bertz CT molecular complexity index is 813. The van der Waals surface area contributed by atoms with E-state index in [1.165, 1.54) is 28.6 Å². The van der Waals surface area contributed by atoms with Gasteiger partial charge in [0.2, 0.25) is 0 Å². The van der Waals surface area contributed by atoms with Crippen molar-refractivity contribution in [3.05, 3.63) is 59.2 Å². The molecule has 2 aliphatic rings. The minimum Gasteiger partial charge on any atom is -0.404 e. The number of nitrogens with zero attached hydrogens (tertiary/aromatic N) is 3. The molecule has 0 bridgehead atoms. The van der Waals surface area contributed by atoms with Crippen molar-refractivity contribution in [1.29, 1.82) is 0 Å². The van der Waals surface area contributed by atoms with Crippen LogP contribution in [0.1, 0.15) is 51.2 Å². The molecule has 0 radical (unpaired) electrons. The van der Waals surface area contributed by atoms with Crippen molar-refractivity contribution in [2.45, 2.75) is 51.6 Å². The van der Waals surface area contributed by atoms with Crippen molar-refractivity contribution in [3.63, 3.8) is 0 Å². The van der Waals surface area contributed by atoms with Gasteiger partial charge in [-0.25, -0.2) is 4.31 Å². The molecule has 1 aromatic rings. The van der Waals surface area contributed by atoms with E-state index in [-0.39, 0.29) is 5.54 Å². The van der Waals surface area contributed by atoms with Gasteiger partial charge in [0.25, 0.3) is 0 Å². The molecule has 0 saturated heterocycles. The first-order chi connectivity index (χ1) is 14.1. The Morgan fingerprint density at radius 3 is 3.03 bits per heavy atom. The highest BCUT2D eigenvalue weighted by Gasteiger charge is 2.35. The van der Waals surface area contributed by atoms with Crippen molar-refractivity contribution in [2.75, 3.05) is 18.8 Å². The average molecular weight is 413 g/mol. The summed E-state index contributed by atoms with van der Waals surface area (Å²) in [6, 6.07) is 2.43. The molecule has 1 aliphatic heterocycles. The number of nitrogens with two attached hydrogens (primary N) is 1. The zero-order valence-corrected chi connectivity index (χ0v) is 18.7. The van der Waals surface area contributed by atoms with E-state index < -0.39 is 0 Å². The molecule has 6 heteroatoms. The molecule has 29 heavy (non-hydrogen) atoms. The van der Waals surface area contributed by atoms with Gasteiger partial charge in [-0.2, -0.15) is 0 Å². The number of nitrogens with one attached hydrogen (secondary N) is 1. The standard InChI is InChI=1S/C23H33N5S/c1-4-9-25-16-20(15-24)19-13-18-6-10-26-17-22(18)23(3,14-19)27-21-7-11-28(12-8-21)29-5-2/h6-7,10-11,13,15-17,21,27H,4-5,8-9,12,14,24H2,1-3H3/p+1. The second kappa shape index (κ2) is 10.1. The lowest BCUT2D eigenvalue weighted by molar-refractivity contribution is 0.311. The van der Waals surface area contributed by atoms with Crippen LogP contribution >= 0.6 is 0 Å². The molecule has 0 saturated carbocycles. The molecule has 2 unspecified atom stereocenters. The Labute approximate surface area is 179 Å². The molecule has 3 rings (SSSR count). The van der Waals surface area contributed by atoms with Gasteiger partial charge in [-0.05, 0) is 62.0 Å². The third-order valence-corrected chi connectivity index (χ3v) is 6.42. The molecule has 2 heterocycles. The summed E-state index contributed by atoms with van der Waals surface area (Å²) >= 11 is 1.37. The fourth-order valence-corrected chi connectivity index (χ4v) is 4.81. The molecule has 0 amide bonds. The monoisotopic (exact) mass is 412 g/mol. The van der Waals surface area contributed by atoms with E-state index >= 15 is 0 Å². The fourth-order valence-electron chi connectivity index (χ4n) is 4.02. The molecule has 1 aromatic heterocycles. The zero-order chi connectivity index (χ0) is 20.7. The van der Waals surface area contributed by atoms with E-state index in [2.05, 4.69) is 64.8 Å². The summed E-state index contributed by atoms with van der Waals surface area (Å²) in [6.07, 6.45) is 17.2. The van der Waals surface area contributed by atoms with E-state index in [1.807, 2.05) is 18.6 Å². The van der Waals surface area contributed by atoms with E-state index in [0.29, 0.717) is 6.04 Å². The smallest absolute Gasteiger partial charge is 0.128 e. The number of aromatic nitrogens is 1. The fraction of sp³-hybridized carbons (Fsp3) is 0.478. The number of thiol groups is 1. The van der Waals surface area contributed by atoms with Crippen LogP contribution in [0.15, 0.2) is 53.1 Å². The van der Waals surface area contributed by atoms with Crippen LogP contribution in [0, 0.1) is 0 Å². The summed E-state index contributed by atoms with van der Waals surface area (Å²) in [6.45, 7) is 8.53. The normalized spacial score (nSPS) is 24.7. The summed E-state index contributed by atoms with van der Waals surface area (Å²) in [4.78, 5) is 8.93. The first-order valence-electron chi connectivity index (χ1n) is 10.6. The molecule has 3 N–H and O–H groups in total. The Balaban J connectivity index is 1.85. The van der Waals surface area contributed by atoms with Gasteiger partial charge in [0.15, 0.2) is 0 Å². The van der Waals surface area contributed by atoms with E-state index in [4.69, 9.17) is 5.73 Å². The molecule has 0 fully saturated rings. The molecule has 0 aromatic carbocycles. The molecule has 0 spiro atoms. The van der Waals surface area contributed by atoms with Gasteiger partial charge in [0.05, 0.1) is 18.5 Å². The largest absolute Gasteiger partial charge is 0.404 e. The summed E-state index contributed by atoms with van der Waals surface area (Å²) in [5.74, 6) is 1.15. The number of hydrogen-bond donors (Lipinski definition) is 2. The Morgan fingerprint density at radius 1 is 1.48 bits per heavy atom. The molecule has 2 atom stereocenters. The first-order valence-corrected chi connectivity index (χ1v) is 11.6. The van der Waals surface area contributed by atoms with Crippen LogP contribution < -0.4 is 11.1 Å². The number of rotatable bonds is 8. The van der Waals surface area contributed by atoms with Gasteiger partial charge in [-0.15, -0.1) is 0 Å². The molecule has 1 aliphatic carbocycles. The van der Waals surface area contributed by atoms with Gasteiger partial charge in [-0.1, -0.05) is 13.0 Å². The van der Waals surface area contributed by atoms with E-state index in [1.54, 1.807) is 6.20 Å². The molecule has 156 valence electrons. The van der Waals surface area contributed by atoms with Crippen LogP contribution in [0.4, 0.5) is 0 Å². The highest BCUT2D eigenvalue weighted by Crippen LogP contribution is 2.39. The predicted octanol–water partition coefficient (Wildman–Crippen LogP) is 3.33. The van der Waals surface area contributed by atoms with Gasteiger partial charge in [0.1, 0.15) is 5.75 Å². The lowest BCUT2D eigenvalue weighted by atomic mass is 9.76. The van der Waals surface area contributed by atoms with Crippen LogP contribution in [0.5, 0.6) is 0 Å². The van der Waals surface area contributed by atoms with Crippen LogP contribution in [-0.4, -0.2) is 40.4 Å². The van der Waals surface area contributed by atoms with E-state index in [0.717, 1.165) is 43.7 Å². The van der Waals surface area contributed by atoms with Crippen molar-refractivity contribution < 1.29 is 0 Å². The number of fused-ring (bicyclic) bond motifs is 1. The second-order valence-electron chi connectivity index (χ2n) is 7.80. The number of hydrogen-bond acceptors (Lipinski definition) is 5. The third-order valence-electron chi connectivity index (χ3n) is 5.44. The maximum atomic E-state index is 5.98. The van der Waals surface area contributed by atoms with Gasteiger partial charge >= 0.3 is 0 Å². The van der Waals surface area contributed by atoms with Crippen molar-refractivity contribution in [3.8, 4) is 0 Å². The first kappa shape index (κ1) is 21.7. The quantitative estimate of drug-likeness (QED) is 0.390. The maximum absolute atomic E-state index is 5.98. The maximum Gasteiger partial charge on any atom is 0.128 e. The van der Waals surface area contributed by atoms with Crippen LogP contribution in [0.3, 0.4) is 0 Å². The van der Waals surface area contributed by atoms with Crippen LogP contribution in [0.25, 0.3) is 6.08 Å². The van der Waals surface area contributed by atoms with Crippen molar-refractivity contribution in [1.82, 2.24) is 14.6 Å². The van der Waals surface area contributed by atoms with E-state index in [9.17, 15) is 0 Å². The predicted molar refractivity (Wildman–Crippen MR) is 127 cm³/mol. The lowest BCUT2D eigenvalue weighted by Crippen LogP contribution is -2.49. The SMILES string of the molecule is CCCN=CC(=CN)C1=Cc2ccncc2C(C)(NC2C=CN([SH+]CC)CC2)C1. The molecular weight excluding hydrogens is 378 g/mol. The topological polar surface area (TPSA) is 66.5 Å². The van der Waals surface area contributed by atoms with Gasteiger partial charge in [0, 0.05) is 54.7 Å². The minimum atomic E-state index is -0.208. The molecular formula is C23H34N5S+. The van der Waals surface area contributed by atoms with Crippen molar-refractivity contribution >= 4 is 24.2 Å². The van der Waals surface area contributed by atoms with Crippen LogP contribution in [-0.2, 0) is 17.5 Å². The summed E-state index contributed by atoms with van der Waals surface area (Å²) in [7, 11) is 0. The zero-order valence-electron chi connectivity index (χ0n) is 17.8. The molecule has 5 nitrogen and oxygen atoms in total. The highest BCUT2D eigenvalue weighted by atomic mass is 32.2. The average Bonchev–Trinajstić information content (AvgIpc) is 2.73. The summed E-state index contributed by atoms with van der Waals surface area (Å²) < 4.78 is 2.38. The number of pyridine rings is 1. The summed E-state index contributed by atoms with van der Waals surface area (Å²) in [5, 5.41) is 3.92. The lowest BCUT2D eigenvalue weighted by Gasteiger charge is -2.40. The van der Waals surface area contributed by atoms with Crippen LogP contribution in [0.2, 0.25) is 0 Å². The third kappa shape index (κ3) is 5.31. The Morgan fingerprint density at radius 2 is 2.34 bits per heavy atom. The summed E-state index contributed by atoms with van der Waals surface area (Å²) in [5.41, 5.74) is 10.4. The van der Waals surface area contributed by atoms with Gasteiger partial charge in [-0.3, -0.25) is 9.98 Å². The van der Waals surface area contributed by atoms with Crippen molar-refractivity contribution in [2.24, 2.45) is 10.7 Å².